The third-order valence-corrected chi connectivity index (χ3v) is 6.46. The summed E-state index contributed by atoms with van der Waals surface area (Å²) in [5, 5.41) is 3.19. The molecule has 0 saturated heterocycles. The standard InChI is InChI=1S/C21H31BrN2O/c1-2-3-4-5-12-23-21(25)24(15-16-7-10-19(22)11-8-16)20-14-17-6-9-18(20)13-17/h7-8,10-11,17-18,20H,2-6,9,12-15H2,1H3,(H,23,25). The summed E-state index contributed by atoms with van der Waals surface area (Å²) in [6, 6.07) is 8.95. The van der Waals surface area contributed by atoms with Crippen molar-refractivity contribution >= 4 is 22.0 Å². The third-order valence-electron chi connectivity index (χ3n) is 5.93. The zero-order valence-electron chi connectivity index (χ0n) is 15.3. The molecule has 3 rings (SSSR count). The number of unbranched alkanes of at least 4 members (excludes halogenated alkanes) is 3. The van der Waals surface area contributed by atoms with E-state index in [1.165, 1.54) is 50.5 Å². The van der Waals surface area contributed by atoms with Crippen LogP contribution >= 0.6 is 15.9 Å². The Kier molecular flexibility index (Phi) is 6.80. The van der Waals surface area contributed by atoms with Crippen LogP contribution in [0.15, 0.2) is 28.7 Å². The summed E-state index contributed by atoms with van der Waals surface area (Å²) in [6.45, 7) is 3.74. The molecule has 1 N–H and O–H groups in total. The van der Waals surface area contributed by atoms with Gasteiger partial charge in [-0.3, -0.25) is 0 Å². The van der Waals surface area contributed by atoms with Crippen LogP contribution in [0.2, 0.25) is 0 Å². The number of benzene rings is 1. The van der Waals surface area contributed by atoms with Crippen LogP contribution < -0.4 is 5.32 Å². The summed E-state index contributed by atoms with van der Waals surface area (Å²) in [7, 11) is 0. The smallest absolute Gasteiger partial charge is 0.317 e. The van der Waals surface area contributed by atoms with Crippen molar-refractivity contribution in [2.75, 3.05) is 6.54 Å². The van der Waals surface area contributed by atoms with Gasteiger partial charge < -0.3 is 10.2 Å². The van der Waals surface area contributed by atoms with Gasteiger partial charge in [0.2, 0.25) is 0 Å². The molecule has 25 heavy (non-hydrogen) atoms. The van der Waals surface area contributed by atoms with E-state index in [1.54, 1.807) is 0 Å². The van der Waals surface area contributed by atoms with Gasteiger partial charge in [-0.15, -0.1) is 0 Å². The Morgan fingerprint density at radius 2 is 1.96 bits per heavy atom. The maximum absolute atomic E-state index is 12.9. The molecule has 2 bridgehead atoms. The molecular formula is C21H31BrN2O. The quantitative estimate of drug-likeness (QED) is 0.549. The lowest BCUT2D eigenvalue weighted by Crippen LogP contribution is -2.48. The fourth-order valence-corrected chi connectivity index (χ4v) is 4.83. The maximum Gasteiger partial charge on any atom is 0.317 e. The summed E-state index contributed by atoms with van der Waals surface area (Å²) in [4.78, 5) is 15.0. The van der Waals surface area contributed by atoms with Crippen molar-refractivity contribution in [1.82, 2.24) is 10.2 Å². The highest BCUT2D eigenvalue weighted by molar-refractivity contribution is 9.10. The molecule has 138 valence electrons. The van der Waals surface area contributed by atoms with Gasteiger partial charge in [-0.1, -0.05) is 60.7 Å². The van der Waals surface area contributed by atoms with Gasteiger partial charge in [-0.05, 0) is 55.2 Å². The van der Waals surface area contributed by atoms with E-state index < -0.39 is 0 Å². The molecule has 0 aliphatic heterocycles. The number of carbonyl (C=O) groups is 1. The summed E-state index contributed by atoms with van der Waals surface area (Å²) >= 11 is 3.50. The van der Waals surface area contributed by atoms with Gasteiger partial charge >= 0.3 is 6.03 Å². The lowest BCUT2D eigenvalue weighted by Gasteiger charge is -2.35. The second-order valence-electron chi connectivity index (χ2n) is 7.79. The van der Waals surface area contributed by atoms with E-state index in [2.05, 4.69) is 57.3 Å². The van der Waals surface area contributed by atoms with E-state index in [4.69, 9.17) is 0 Å². The zero-order valence-corrected chi connectivity index (χ0v) is 16.9. The van der Waals surface area contributed by atoms with Gasteiger partial charge in [0.05, 0.1) is 0 Å². The Morgan fingerprint density at radius 3 is 2.60 bits per heavy atom. The summed E-state index contributed by atoms with van der Waals surface area (Å²) < 4.78 is 1.09. The van der Waals surface area contributed by atoms with E-state index in [0.717, 1.165) is 29.9 Å². The van der Waals surface area contributed by atoms with Crippen LogP contribution in [0.1, 0.15) is 63.9 Å². The molecular weight excluding hydrogens is 376 g/mol. The second-order valence-corrected chi connectivity index (χ2v) is 8.70. The van der Waals surface area contributed by atoms with Crippen LogP contribution in [0, 0.1) is 11.8 Å². The fourth-order valence-electron chi connectivity index (χ4n) is 4.57. The minimum Gasteiger partial charge on any atom is -0.338 e. The highest BCUT2D eigenvalue weighted by Crippen LogP contribution is 2.47. The Balaban J connectivity index is 1.61. The molecule has 3 atom stereocenters. The number of fused-ring (bicyclic) bond motifs is 2. The first-order valence-corrected chi connectivity index (χ1v) is 10.8. The van der Waals surface area contributed by atoms with E-state index in [-0.39, 0.29) is 6.03 Å². The number of hydrogen-bond acceptors (Lipinski definition) is 1. The van der Waals surface area contributed by atoms with Crippen LogP contribution in [-0.2, 0) is 6.54 Å². The molecule has 2 aliphatic rings. The van der Waals surface area contributed by atoms with E-state index in [9.17, 15) is 4.79 Å². The molecule has 3 unspecified atom stereocenters. The van der Waals surface area contributed by atoms with E-state index in [1.807, 2.05) is 0 Å². The van der Waals surface area contributed by atoms with Crippen molar-refractivity contribution < 1.29 is 4.79 Å². The van der Waals surface area contributed by atoms with Gasteiger partial charge in [0.15, 0.2) is 0 Å². The normalized spacial score (nSPS) is 24.5. The fraction of sp³-hybridized carbons (Fsp3) is 0.667. The lowest BCUT2D eigenvalue weighted by atomic mass is 9.94. The molecule has 0 radical (unpaired) electrons. The number of nitrogens with zero attached hydrogens (tertiary/aromatic N) is 1. The number of urea groups is 1. The molecule has 2 amide bonds. The van der Waals surface area contributed by atoms with Crippen LogP contribution in [0.4, 0.5) is 4.79 Å². The number of carbonyl (C=O) groups excluding carboxylic acids is 1. The molecule has 4 heteroatoms. The van der Waals surface area contributed by atoms with Gasteiger partial charge in [0, 0.05) is 23.6 Å². The largest absolute Gasteiger partial charge is 0.338 e. The number of hydrogen-bond donors (Lipinski definition) is 1. The SMILES string of the molecule is CCCCCCNC(=O)N(Cc1ccc(Br)cc1)C1CC2CCC1C2. The first-order chi connectivity index (χ1) is 12.2. The molecule has 0 spiro atoms. The van der Waals surface area contributed by atoms with Crippen LogP contribution in [0.5, 0.6) is 0 Å². The zero-order chi connectivity index (χ0) is 17.6. The average Bonchev–Trinajstić information content (AvgIpc) is 3.24. The summed E-state index contributed by atoms with van der Waals surface area (Å²) in [5.74, 6) is 1.56. The Hall–Kier alpha value is -1.03. The van der Waals surface area contributed by atoms with Crippen LogP contribution in [0.3, 0.4) is 0 Å². The molecule has 2 aliphatic carbocycles. The molecule has 2 fully saturated rings. The minimum atomic E-state index is 0.136. The Bertz CT molecular complexity index is 560. The van der Waals surface area contributed by atoms with Gasteiger partial charge in [0.1, 0.15) is 0 Å². The lowest BCUT2D eigenvalue weighted by molar-refractivity contribution is 0.142. The first kappa shape index (κ1) is 18.8. The highest BCUT2D eigenvalue weighted by Gasteiger charge is 2.43. The minimum absolute atomic E-state index is 0.136. The molecule has 0 aromatic heterocycles. The Morgan fingerprint density at radius 1 is 1.16 bits per heavy atom. The summed E-state index contributed by atoms with van der Waals surface area (Å²) in [6.07, 6.45) is 9.97. The maximum atomic E-state index is 12.9. The third kappa shape index (κ3) is 4.99. The van der Waals surface area contributed by atoms with Crippen molar-refractivity contribution in [2.24, 2.45) is 11.8 Å². The number of rotatable bonds is 8. The van der Waals surface area contributed by atoms with Crippen molar-refractivity contribution in [3.8, 4) is 0 Å². The molecule has 0 heterocycles. The molecule has 1 aromatic rings. The number of nitrogens with one attached hydrogen (secondary N) is 1. The molecule has 2 saturated carbocycles. The second kappa shape index (κ2) is 9.07. The van der Waals surface area contributed by atoms with E-state index in [0.29, 0.717) is 12.0 Å². The monoisotopic (exact) mass is 406 g/mol. The Labute approximate surface area is 160 Å². The predicted molar refractivity (Wildman–Crippen MR) is 106 cm³/mol. The van der Waals surface area contributed by atoms with Gasteiger partial charge in [0.25, 0.3) is 0 Å². The number of halogens is 1. The molecule has 1 aromatic carbocycles. The first-order valence-electron chi connectivity index (χ1n) is 9.96. The van der Waals surface area contributed by atoms with Gasteiger partial charge in [-0.25, -0.2) is 4.79 Å². The predicted octanol–water partition coefficient (Wildman–Crippen LogP) is 5.73. The van der Waals surface area contributed by atoms with Crippen molar-refractivity contribution in [1.29, 1.82) is 0 Å². The van der Waals surface area contributed by atoms with Crippen molar-refractivity contribution in [2.45, 2.75) is 70.9 Å². The average molecular weight is 407 g/mol. The molecule has 3 nitrogen and oxygen atoms in total. The highest BCUT2D eigenvalue weighted by atomic mass is 79.9. The van der Waals surface area contributed by atoms with E-state index >= 15 is 0 Å². The van der Waals surface area contributed by atoms with Crippen molar-refractivity contribution in [3.05, 3.63) is 34.3 Å². The number of amides is 2. The van der Waals surface area contributed by atoms with Crippen LogP contribution in [-0.4, -0.2) is 23.5 Å². The van der Waals surface area contributed by atoms with Crippen molar-refractivity contribution in [3.63, 3.8) is 0 Å². The van der Waals surface area contributed by atoms with Crippen LogP contribution in [0.25, 0.3) is 0 Å². The topological polar surface area (TPSA) is 32.3 Å². The summed E-state index contributed by atoms with van der Waals surface area (Å²) in [5.41, 5.74) is 1.21. The van der Waals surface area contributed by atoms with Gasteiger partial charge in [-0.2, -0.15) is 0 Å².